The summed E-state index contributed by atoms with van der Waals surface area (Å²) in [6.45, 7) is 7.62. The Hall–Kier alpha value is -0.970. The first kappa shape index (κ1) is 14.4. The number of methoxy groups -OCH3 is 1. The fourth-order valence-electron chi connectivity index (χ4n) is 2.51. The summed E-state index contributed by atoms with van der Waals surface area (Å²) in [5.41, 5.74) is 2.47. The molecule has 2 rings (SSSR count). The molecule has 4 heteroatoms. The molecule has 1 atom stereocenters. The van der Waals surface area contributed by atoms with Crippen molar-refractivity contribution in [2.75, 3.05) is 46.6 Å². The second-order valence-corrected chi connectivity index (χ2v) is 5.21. The van der Waals surface area contributed by atoms with E-state index in [-0.39, 0.29) is 0 Å². The summed E-state index contributed by atoms with van der Waals surface area (Å²) < 4.78 is 10.9. The molecule has 19 heavy (non-hydrogen) atoms. The highest BCUT2D eigenvalue weighted by molar-refractivity contribution is 5.18. The maximum Gasteiger partial charge on any atom is 0.0593 e. The Bertz CT molecular complexity index is 384. The van der Waals surface area contributed by atoms with Crippen LogP contribution in [0.15, 0.2) is 18.3 Å². The van der Waals surface area contributed by atoms with E-state index in [0.29, 0.717) is 5.92 Å². The predicted molar refractivity (Wildman–Crippen MR) is 75.3 cm³/mol. The van der Waals surface area contributed by atoms with Crippen molar-refractivity contribution in [1.82, 2.24) is 9.88 Å². The van der Waals surface area contributed by atoms with Crippen LogP contribution in [0.5, 0.6) is 0 Å². The van der Waals surface area contributed by atoms with Gasteiger partial charge in [-0.1, -0.05) is 6.07 Å². The van der Waals surface area contributed by atoms with Gasteiger partial charge in [-0.25, -0.2) is 0 Å². The van der Waals surface area contributed by atoms with Gasteiger partial charge in [-0.15, -0.1) is 0 Å². The average Bonchev–Trinajstić information content (AvgIpc) is 2.64. The number of hydrogen-bond donors (Lipinski definition) is 0. The zero-order valence-corrected chi connectivity index (χ0v) is 12.0. The summed E-state index contributed by atoms with van der Waals surface area (Å²) in [6.07, 6.45) is 2.87. The van der Waals surface area contributed by atoms with E-state index in [1.54, 1.807) is 7.11 Å². The van der Waals surface area contributed by atoms with Gasteiger partial charge in [0, 0.05) is 44.6 Å². The van der Waals surface area contributed by atoms with Gasteiger partial charge in [-0.3, -0.25) is 9.88 Å². The topological polar surface area (TPSA) is 34.6 Å². The first-order valence-corrected chi connectivity index (χ1v) is 6.99. The smallest absolute Gasteiger partial charge is 0.0593 e. The highest BCUT2D eigenvalue weighted by atomic mass is 16.5. The second-order valence-electron chi connectivity index (χ2n) is 5.21. The fourth-order valence-corrected chi connectivity index (χ4v) is 2.51. The van der Waals surface area contributed by atoms with E-state index >= 15 is 0 Å². The van der Waals surface area contributed by atoms with Crippen LogP contribution in [0.25, 0.3) is 0 Å². The average molecular weight is 264 g/mol. The Balaban J connectivity index is 1.93. The Kier molecular flexibility index (Phi) is 5.76. The molecule has 1 fully saturated rings. The minimum Gasteiger partial charge on any atom is -0.383 e. The molecule has 0 aliphatic carbocycles. The molecular weight excluding hydrogens is 240 g/mol. The van der Waals surface area contributed by atoms with E-state index < -0.39 is 0 Å². The second kappa shape index (κ2) is 7.58. The lowest BCUT2D eigenvalue weighted by molar-refractivity contribution is 0.118. The summed E-state index contributed by atoms with van der Waals surface area (Å²) in [6, 6.07) is 4.12. The Morgan fingerprint density at radius 3 is 3.21 bits per heavy atom. The van der Waals surface area contributed by atoms with E-state index in [0.717, 1.165) is 45.9 Å². The van der Waals surface area contributed by atoms with Crippen LogP contribution >= 0.6 is 0 Å². The standard InChI is InChI=1S/C15H24N2O2/c1-13-4-3-5-16-15(13)10-14-11-17(6-8-18-2)7-9-19-12-14/h3-5,14H,6-12H2,1-2H3. The van der Waals surface area contributed by atoms with Crippen molar-refractivity contribution in [3.63, 3.8) is 0 Å². The maximum absolute atomic E-state index is 5.72. The van der Waals surface area contributed by atoms with Crippen molar-refractivity contribution >= 4 is 0 Å². The Morgan fingerprint density at radius 2 is 2.42 bits per heavy atom. The number of aryl methyl sites for hydroxylation is 1. The van der Waals surface area contributed by atoms with Gasteiger partial charge in [0.2, 0.25) is 0 Å². The minimum absolute atomic E-state index is 0.521. The quantitative estimate of drug-likeness (QED) is 0.808. The van der Waals surface area contributed by atoms with Crippen LogP contribution in [0, 0.1) is 12.8 Å². The van der Waals surface area contributed by atoms with Crippen LogP contribution < -0.4 is 0 Å². The summed E-state index contributed by atoms with van der Waals surface area (Å²) >= 11 is 0. The van der Waals surface area contributed by atoms with E-state index in [9.17, 15) is 0 Å². The van der Waals surface area contributed by atoms with Crippen molar-refractivity contribution in [2.45, 2.75) is 13.3 Å². The van der Waals surface area contributed by atoms with Crippen LogP contribution in [0.1, 0.15) is 11.3 Å². The zero-order valence-electron chi connectivity index (χ0n) is 12.0. The Morgan fingerprint density at radius 1 is 1.53 bits per heavy atom. The monoisotopic (exact) mass is 264 g/mol. The molecule has 1 aliphatic heterocycles. The third-order valence-electron chi connectivity index (χ3n) is 3.63. The van der Waals surface area contributed by atoms with Gasteiger partial charge in [-0.05, 0) is 25.0 Å². The van der Waals surface area contributed by atoms with Crippen molar-refractivity contribution in [3.8, 4) is 0 Å². The molecule has 1 saturated heterocycles. The fraction of sp³-hybridized carbons (Fsp3) is 0.667. The molecule has 4 nitrogen and oxygen atoms in total. The minimum atomic E-state index is 0.521. The normalized spacial score (nSPS) is 21.3. The van der Waals surface area contributed by atoms with Crippen molar-refractivity contribution in [3.05, 3.63) is 29.6 Å². The molecule has 106 valence electrons. The number of nitrogens with zero attached hydrogens (tertiary/aromatic N) is 2. The summed E-state index contributed by atoms with van der Waals surface area (Å²) in [5, 5.41) is 0. The van der Waals surface area contributed by atoms with Crippen molar-refractivity contribution in [2.24, 2.45) is 5.92 Å². The summed E-state index contributed by atoms with van der Waals surface area (Å²) in [7, 11) is 1.75. The largest absolute Gasteiger partial charge is 0.383 e. The van der Waals surface area contributed by atoms with Crippen LogP contribution in [-0.4, -0.2) is 56.4 Å². The van der Waals surface area contributed by atoms with E-state index in [1.165, 1.54) is 11.3 Å². The molecule has 0 spiro atoms. The first-order valence-electron chi connectivity index (χ1n) is 6.99. The molecular formula is C15H24N2O2. The highest BCUT2D eigenvalue weighted by Gasteiger charge is 2.19. The number of aromatic nitrogens is 1. The molecule has 0 N–H and O–H groups in total. The molecule has 0 bridgehead atoms. The van der Waals surface area contributed by atoms with Gasteiger partial charge >= 0.3 is 0 Å². The highest BCUT2D eigenvalue weighted by Crippen LogP contribution is 2.14. The SMILES string of the molecule is COCCN1CCOCC(Cc2ncccc2C)C1. The summed E-state index contributed by atoms with van der Waals surface area (Å²) in [5.74, 6) is 0.521. The molecule has 1 aromatic rings. The van der Waals surface area contributed by atoms with Gasteiger partial charge in [0.1, 0.15) is 0 Å². The third-order valence-corrected chi connectivity index (χ3v) is 3.63. The molecule has 0 amide bonds. The van der Waals surface area contributed by atoms with Crippen LogP contribution in [0.2, 0.25) is 0 Å². The van der Waals surface area contributed by atoms with Gasteiger partial charge in [0.15, 0.2) is 0 Å². The van der Waals surface area contributed by atoms with Crippen LogP contribution in [0.4, 0.5) is 0 Å². The predicted octanol–water partition coefficient (Wildman–Crippen LogP) is 1.53. The van der Waals surface area contributed by atoms with Gasteiger partial charge in [0.05, 0.1) is 19.8 Å². The lowest BCUT2D eigenvalue weighted by Gasteiger charge is -2.23. The number of ether oxygens (including phenoxy) is 2. The number of rotatable bonds is 5. The van der Waals surface area contributed by atoms with Crippen molar-refractivity contribution in [1.29, 1.82) is 0 Å². The van der Waals surface area contributed by atoms with E-state index in [4.69, 9.17) is 9.47 Å². The molecule has 0 aromatic carbocycles. The number of pyridine rings is 1. The molecule has 1 aliphatic rings. The lowest BCUT2D eigenvalue weighted by atomic mass is 10.0. The molecule has 0 radical (unpaired) electrons. The first-order chi connectivity index (χ1) is 9.29. The molecule has 1 aromatic heterocycles. The lowest BCUT2D eigenvalue weighted by Crippen LogP contribution is -2.33. The van der Waals surface area contributed by atoms with Gasteiger partial charge < -0.3 is 9.47 Å². The van der Waals surface area contributed by atoms with E-state index in [1.807, 2.05) is 12.3 Å². The zero-order chi connectivity index (χ0) is 13.5. The van der Waals surface area contributed by atoms with Crippen LogP contribution in [-0.2, 0) is 15.9 Å². The van der Waals surface area contributed by atoms with Crippen molar-refractivity contribution < 1.29 is 9.47 Å². The van der Waals surface area contributed by atoms with Gasteiger partial charge in [-0.2, -0.15) is 0 Å². The molecule has 2 heterocycles. The Labute approximate surface area is 115 Å². The third kappa shape index (κ3) is 4.56. The van der Waals surface area contributed by atoms with Crippen LogP contribution in [0.3, 0.4) is 0 Å². The molecule has 1 unspecified atom stereocenters. The maximum atomic E-state index is 5.72. The number of hydrogen-bond acceptors (Lipinski definition) is 4. The van der Waals surface area contributed by atoms with E-state index in [2.05, 4.69) is 22.9 Å². The summed E-state index contributed by atoms with van der Waals surface area (Å²) in [4.78, 5) is 6.92. The molecule has 0 saturated carbocycles. The van der Waals surface area contributed by atoms with Gasteiger partial charge in [0.25, 0.3) is 0 Å².